The van der Waals surface area contributed by atoms with Crippen molar-refractivity contribution in [1.82, 2.24) is 15.3 Å². The van der Waals surface area contributed by atoms with Gasteiger partial charge in [-0.15, -0.1) is 0 Å². The molecule has 8 nitrogen and oxygen atoms in total. The third kappa shape index (κ3) is 6.35. The number of carboxylic acids is 1. The molecule has 1 fully saturated rings. The van der Waals surface area contributed by atoms with Gasteiger partial charge in [-0.2, -0.15) is 0 Å². The van der Waals surface area contributed by atoms with E-state index in [4.69, 9.17) is 5.11 Å². The van der Waals surface area contributed by atoms with E-state index in [1.165, 1.54) is 17.7 Å². The average Bonchev–Trinajstić information content (AvgIpc) is 2.87. The molecule has 0 radical (unpaired) electrons. The van der Waals surface area contributed by atoms with Crippen LogP contribution in [0.3, 0.4) is 0 Å². The van der Waals surface area contributed by atoms with Gasteiger partial charge in [-0.05, 0) is 67.5 Å². The number of anilines is 1. The van der Waals surface area contributed by atoms with Gasteiger partial charge in [0.05, 0.1) is 5.69 Å². The highest BCUT2D eigenvalue weighted by Crippen LogP contribution is 2.27. The molecule has 3 N–H and O–H groups in total. The van der Waals surface area contributed by atoms with E-state index in [2.05, 4.69) is 44.5 Å². The Morgan fingerprint density at radius 2 is 1.64 bits per heavy atom. The van der Waals surface area contributed by atoms with Crippen LogP contribution in [0.15, 0.2) is 48.5 Å². The maximum absolute atomic E-state index is 13.1. The van der Waals surface area contributed by atoms with Crippen molar-refractivity contribution >= 4 is 17.6 Å². The van der Waals surface area contributed by atoms with Crippen molar-refractivity contribution < 1.29 is 24.2 Å². The number of aliphatic carboxylic acids is 1. The molecular formula is C27H29FN4O4. The molecule has 0 bridgehead atoms. The summed E-state index contributed by atoms with van der Waals surface area (Å²) in [5, 5.41) is 21.2. The smallest absolute Gasteiger partial charge is 0.322 e. The lowest BCUT2D eigenvalue weighted by Gasteiger charge is -2.33. The predicted octanol–water partition coefficient (Wildman–Crippen LogP) is 3.49. The van der Waals surface area contributed by atoms with Crippen LogP contribution in [0.1, 0.15) is 46.0 Å². The maximum Gasteiger partial charge on any atom is 0.322 e. The van der Waals surface area contributed by atoms with Gasteiger partial charge in [0.15, 0.2) is 11.4 Å². The summed E-state index contributed by atoms with van der Waals surface area (Å²) in [7, 11) is 0. The SMILES string of the molecule is Cc1nc(CC2CCN(c3ccc(Cc4ccc(F)cc4)cc3)CC2)nc(C(=O)NCC(=O)O)c1O. The number of carbonyl (C=O) groups is 2. The van der Waals surface area contributed by atoms with E-state index in [-0.39, 0.29) is 17.3 Å². The van der Waals surface area contributed by atoms with E-state index in [0.717, 1.165) is 43.6 Å². The number of benzene rings is 2. The minimum Gasteiger partial charge on any atom is -0.504 e. The van der Waals surface area contributed by atoms with Crippen LogP contribution >= 0.6 is 0 Å². The van der Waals surface area contributed by atoms with E-state index >= 15 is 0 Å². The number of rotatable bonds is 8. The fourth-order valence-corrected chi connectivity index (χ4v) is 4.43. The molecule has 2 heterocycles. The number of carbonyl (C=O) groups excluding carboxylic acids is 1. The van der Waals surface area contributed by atoms with E-state index in [1.807, 2.05) is 0 Å². The van der Waals surface area contributed by atoms with Crippen molar-refractivity contribution in [1.29, 1.82) is 0 Å². The lowest BCUT2D eigenvalue weighted by Crippen LogP contribution is -2.34. The standard InChI is InChI=1S/C27H29FN4O4/c1-17-26(35)25(27(36)29-16-24(33)34)31-23(30-17)15-20-10-12-32(13-11-20)22-8-4-19(5-9-22)14-18-2-6-21(28)7-3-18/h2-9,20,35H,10-16H2,1H3,(H,29,36)(H,33,34). The van der Waals surface area contributed by atoms with Crippen molar-refractivity contribution in [2.45, 2.75) is 32.6 Å². The number of aromatic nitrogens is 2. The Kier molecular flexibility index (Phi) is 7.77. The first-order valence-electron chi connectivity index (χ1n) is 11.9. The molecule has 9 heteroatoms. The van der Waals surface area contributed by atoms with Gasteiger partial charge in [-0.25, -0.2) is 14.4 Å². The molecule has 0 saturated carbocycles. The molecule has 4 rings (SSSR count). The average molecular weight is 493 g/mol. The van der Waals surface area contributed by atoms with Crippen molar-refractivity contribution in [2.24, 2.45) is 5.92 Å². The van der Waals surface area contributed by atoms with Crippen LogP contribution in [0.4, 0.5) is 10.1 Å². The number of amides is 1. The van der Waals surface area contributed by atoms with Gasteiger partial charge in [0, 0.05) is 25.2 Å². The molecule has 0 aliphatic carbocycles. The van der Waals surface area contributed by atoms with Gasteiger partial charge in [0.2, 0.25) is 0 Å². The molecule has 1 aliphatic heterocycles. The van der Waals surface area contributed by atoms with E-state index < -0.39 is 18.4 Å². The molecule has 0 unspecified atom stereocenters. The Morgan fingerprint density at radius 1 is 1.03 bits per heavy atom. The van der Waals surface area contributed by atoms with Crippen molar-refractivity contribution in [3.05, 3.63) is 82.7 Å². The number of aryl methyl sites for hydroxylation is 1. The number of piperidine rings is 1. The Bertz CT molecular complexity index is 1220. The number of halogens is 1. The summed E-state index contributed by atoms with van der Waals surface area (Å²) < 4.78 is 13.1. The van der Waals surface area contributed by atoms with Crippen LogP contribution in [-0.2, 0) is 17.6 Å². The predicted molar refractivity (Wildman–Crippen MR) is 133 cm³/mol. The minimum absolute atomic E-state index is 0.197. The lowest BCUT2D eigenvalue weighted by molar-refractivity contribution is -0.135. The molecule has 1 saturated heterocycles. The number of aromatic hydroxyl groups is 1. The third-order valence-corrected chi connectivity index (χ3v) is 6.43. The first-order chi connectivity index (χ1) is 17.3. The summed E-state index contributed by atoms with van der Waals surface area (Å²) in [6, 6.07) is 15.0. The molecule has 1 amide bonds. The second-order valence-electron chi connectivity index (χ2n) is 9.10. The largest absolute Gasteiger partial charge is 0.504 e. The third-order valence-electron chi connectivity index (χ3n) is 6.43. The Morgan fingerprint density at radius 3 is 2.25 bits per heavy atom. The van der Waals surface area contributed by atoms with Gasteiger partial charge < -0.3 is 20.4 Å². The van der Waals surface area contributed by atoms with Crippen molar-refractivity contribution in [3.63, 3.8) is 0 Å². The summed E-state index contributed by atoms with van der Waals surface area (Å²) in [6.07, 6.45) is 3.19. The summed E-state index contributed by atoms with van der Waals surface area (Å²) in [6.45, 7) is 2.80. The molecule has 0 atom stereocenters. The molecule has 2 aromatic carbocycles. The number of hydrogen-bond donors (Lipinski definition) is 3. The fourth-order valence-electron chi connectivity index (χ4n) is 4.43. The van der Waals surface area contributed by atoms with Crippen LogP contribution in [0, 0.1) is 18.7 Å². The zero-order valence-corrected chi connectivity index (χ0v) is 20.1. The van der Waals surface area contributed by atoms with E-state index in [0.29, 0.717) is 23.9 Å². The highest BCUT2D eigenvalue weighted by Gasteiger charge is 2.23. The van der Waals surface area contributed by atoms with Crippen LogP contribution in [0.2, 0.25) is 0 Å². The highest BCUT2D eigenvalue weighted by molar-refractivity contribution is 5.96. The molecule has 36 heavy (non-hydrogen) atoms. The first kappa shape index (κ1) is 25.1. The Balaban J connectivity index is 1.33. The summed E-state index contributed by atoms with van der Waals surface area (Å²) >= 11 is 0. The zero-order chi connectivity index (χ0) is 25.7. The topological polar surface area (TPSA) is 116 Å². The second kappa shape index (κ2) is 11.2. The first-order valence-corrected chi connectivity index (χ1v) is 11.9. The second-order valence-corrected chi connectivity index (χ2v) is 9.10. The van der Waals surface area contributed by atoms with Crippen LogP contribution in [-0.4, -0.2) is 51.7 Å². The van der Waals surface area contributed by atoms with Gasteiger partial charge >= 0.3 is 5.97 Å². The van der Waals surface area contributed by atoms with Crippen LogP contribution in [0.25, 0.3) is 0 Å². The minimum atomic E-state index is -1.18. The normalized spacial score (nSPS) is 14.0. The zero-order valence-electron chi connectivity index (χ0n) is 20.1. The molecular weight excluding hydrogens is 463 g/mol. The van der Waals surface area contributed by atoms with Gasteiger partial charge in [-0.1, -0.05) is 24.3 Å². The summed E-state index contributed by atoms with van der Waals surface area (Å²) in [5.74, 6) is -1.68. The van der Waals surface area contributed by atoms with Gasteiger partial charge in [0.1, 0.15) is 18.2 Å². The molecule has 188 valence electrons. The molecule has 1 aliphatic rings. The number of nitrogens with one attached hydrogen (secondary N) is 1. The quantitative estimate of drug-likeness (QED) is 0.441. The van der Waals surface area contributed by atoms with Crippen molar-refractivity contribution in [2.75, 3.05) is 24.5 Å². The van der Waals surface area contributed by atoms with Gasteiger partial charge in [-0.3, -0.25) is 9.59 Å². The maximum atomic E-state index is 13.1. The number of carboxylic acid groups (broad SMARTS) is 1. The summed E-state index contributed by atoms with van der Waals surface area (Å²) in [4.78, 5) is 33.9. The highest BCUT2D eigenvalue weighted by atomic mass is 19.1. The lowest BCUT2D eigenvalue weighted by atomic mass is 9.92. The van der Waals surface area contributed by atoms with E-state index in [1.54, 1.807) is 19.1 Å². The Labute approximate surface area is 208 Å². The van der Waals surface area contributed by atoms with Crippen LogP contribution < -0.4 is 10.2 Å². The number of hydrogen-bond acceptors (Lipinski definition) is 6. The fraction of sp³-hybridized carbons (Fsp3) is 0.333. The van der Waals surface area contributed by atoms with E-state index in [9.17, 15) is 19.1 Å². The monoisotopic (exact) mass is 492 g/mol. The van der Waals surface area contributed by atoms with Crippen molar-refractivity contribution in [3.8, 4) is 5.75 Å². The number of nitrogens with zero attached hydrogens (tertiary/aromatic N) is 3. The molecule has 3 aromatic rings. The summed E-state index contributed by atoms with van der Waals surface area (Å²) in [5.41, 5.74) is 3.49. The molecule has 0 spiro atoms. The molecule has 1 aromatic heterocycles. The Hall–Kier alpha value is -4.01. The van der Waals surface area contributed by atoms with Crippen LogP contribution in [0.5, 0.6) is 5.75 Å². The van der Waals surface area contributed by atoms with Gasteiger partial charge in [0.25, 0.3) is 5.91 Å².